The van der Waals surface area contributed by atoms with Gasteiger partial charge in [0.25, 0.3) is 5.56 Å². The molecule has 5 rings (SSSR count). The van der Waals surface area contributed by atoms with Crippen molar-refractivity contribution < 1.29 is 9.59 Å². The van der Waals surface area contributed by atoms with Crippen LogP contribution in [0.2, 0.25) is 0 Å². The molecule has 0 radical (unpaired) electrons. The lowest BCUT2D eigenvalue weighted by Gasteiger charge is -2.17. The number of hydrogen-bond acceptors (Lipinski definition) is 4. The summed E-state index contributed by atoms with van der Waals surface area (Å²) in [4.78, 5) is 44.0. The van der Waals surface area contributed by atoms with Crippen LogP contribution in [0.25, 0.3) is 10.9 Å². The number of amides is 2. The van der Waals surface area contributed by atoms with Crippen LogP contribution in [0.5, 0.6) is 0 Å². The van der Waals surface area contributed by atoms with Crippen LogP contribution in [-0.4, -0.2) is 27.9 Å². The number of nitrogens with zero attached hydrogens (tertiary/aromatic N) is 3. The molecule has 164 valence electrons. The van der Waals surface area contributed by atoms with E-state index < -0.39 is 0 Å². The summed E-state index contributed by atoms with van der Waals surface area (Å²) in [6, 6.07) is 15.3. The van der Waals surface area contributed by atoms with E-state index in [2.05, 4.69) is 5.32 Å². The number of carbonyl (C=O) groups is 2. The van der Waals surface area contributed by atoms with Crippen molar-refractivity contribution in [3.8, 4) is 0 Å². The molecule has 1 aliphatic carbocycles. The normalized spacial score (nSPS) is 16.0. The van der Waals surface area contributed by atoms with E-state index in [1.54, 1.807) is 9.47 Å². The highest BCUT2D eigenvalue weighted by molar-refractivity contribution is 5.95. The van der Waals surface area contributed by atoms with Crippen LogP contribution in [0.4, 0.5) is 5.69 Å². The van der Waals surface area contributed by atoms with Crippen molar-refractivity contribution in [3.05, 3.63) is 70.3 Å². The monoisotopic (exact) mass is 430 g/mol. The zero-order valence-corrected chi connectivity index (χ0v) is 17.9. The summed E-state index contributed by atoms with van der Waals surface area (Å²) in [5.74, 6) is 0.745. The molecule has 2 amide bonds. The van der Waals surface area contributed by atoms with Gasteiger partial charge in [-0.05, 0) is 49.1 Å². The smallest absolute Gasteiger partial charge is 0.261 e. The lowest BCUT2D eigenvalue weighted by Crippen LogP contribution is -2.27. The molecule has 2 heterocycles. The number of nitrogens with one attached hydrogen (secondary N) is 1. The molecule has 1 aromatic heterocycles. The summed E-state index contributed by atoms with van der Waals surface area (Å²) in [5.41, 5.74) is 2.50. The van der Waals surface area contributed by atoms with Gasteiger partial charge in [0.05, 0.1) is 10.9 Å². The maximum absolute atomic E-state index is 12.9. The van der Waals surface area contributed by atoms with Crippen molar-refractivity contribution in [2.24, 2.45) is 0 Å². The van der Waals surface area contributed by atoms with Crippen molar-refractivity contribution >= 4 is 28.4 Å². The van der Waals surface area contributed by atoms with Crippen LogP contribution >= 0.6 is 0 Å². The van der Waals surface area contributed by atoms with Crippen LogP contribution in [0.15, 0.2) is 53.3 Å². The summed E-state index contributed by atoms with van der Waals surface area (Å²) in [7, 11) is 0. The average molecular weight is 431 g/mol. The van der Waals surface area contributed by atoms with Crippen LogP contribution in [0.1, 0.15) is 49.5 Å². The second kappa shape index (κ2) is 8.57. The molecule has 1 saturated heterocycles. The Bertz CT molecular complexity index is 1250. The Morgan fingerprint density at radius 2 is 1.94 bits per heavy atom. The largest absolute Gasteiger partial charge is 0.352 e. The Balaban J connectivity index is 1.24. The van der Waals surface area contributed by atoms with Gasteiger partial charge >= 0.3 is 0 Å². The van der Waals surface area contributed by atoms with E-state index in [4.69, 9.17) is 4.98 Å². The number of benzene rings is 2. The van der Waals surface area contributed by atoms with Crippen molar-refractivity contribution in [1.29, 1.82) is 0 Å². The summed E-state index contributed by atoms with van der Waals surface area (Å²) in [5, 5.41) is 3.59. The fourth-order valence-corrected chi connectivity index (χ4v) is 4.35. The predicted molar refractivity (Wildman–Crippen MR) is 122 cm³/mol. The van der Waals surface area contributed by atoms with Crippen LogP contribution < -0.4 is 15.8 Å². The molecule has 3 aromatic rings. The predicted octanol–water partition coefficient (Wildman–Crippen LogP) is 3.11. The molecule has 2 fully saturated rings. The Hall–Kier alpha value is -3.48. The number of para-hydroxylation sites is 1. The fraction of sp³-hybridized carbons (Fsp3) is 0.360. The Morgan fingerprint density at radius 1 is 1.09 bits per heavy atom. The number of fused-ring (bicyclic) bond motifs is 1. The van der Waals surface area contributed by atoms with Gasteiger partial charge in [0.2, 0.25) is 11.8 Å². The molecule has 2 aliphatic rings. The zero-order valence-electron chi connectivity index (χ0n) is 17.9. The quantitative estimate of drug-likeness (QED) is 0.624. The SMILES string of the molecule is O=C(CCc1nc2ccccc2c(=O)n1C1CC1)NCc1cccc(N2CCCC2=O)c1. The Kier molecular flexibility index (Phi) is 5.47. The first-order chi connectivity index (χ1) is 15.6. The molecule has 7 heteroatoms. The molecule has 7 nitrogen and oxygen atoms in total. The van der Waals surface area contributed by atoms with E-state index >= 15 is 0 Å². The minimum atomic E-state index is -0.0857. The molecule has 0 bridgehead atoms. The third-order valence-electron chi connectivity index (χ3n) is 6.15. The van der Waals surface area contributed by atoms with Gasteiger partial charge in [0.1, 0.15) is 5.82 Å². The maximum atomic E-state index is 12.9. The third kappa shape index (κ3) is 4.15. The highest BCUT2D eigenvalue weighted by atomic mass is 16.2. The molecule has 0 spiro atoms. The molecule has 1 N–H and O–H groups in total. The van der Waals surface area contributed by atoms with E-state index in [-0.39, 0.29) is 29.8 Å². The topological polar surface area (TPSA) is 84.3 Å². The van der Waals surface area contributed by atoms with Crippen molar-refractivity contribution in [2.45, 2.75) is 51.1 Å². The second-order valence-corrected chi connectivity index (χ2v) is 8.55. The van der Waals surface area contributed by atoms with E-state index in [9.17, 15) is 14.4 Å². The van der Waals surface area contributed by atoms with Gasteiger partial charge in [-0.1, -0.05) is 24.3 Å². The number of anilines is 1. The minimum absolute atomic E-state index is 0.0122. The molecule has 32 heavy (non-hydrogen) atoms. The molecule has 1 aliphatic heterocycles. The van der Waals surface area contributed by atoms with E-state index in [0.29, 0.717) is 36.1 Å². The Morgan fingerprint density at radius 3 is 2.72 bits per heavy atom. The summed E-state index contributed by atoms with van der Waals surface area (Å²) >= 11 is 0. The van der Waals surface area contributed by atoms with E-state index in [1.807, 2.05) is 48.5 Å². The lowest BCUT2D eigenvalue weighted by molar-refractivity contribution is -0.121. The van der Waals surface area contributed by atoms with Gasteiger partial charge in [-0.3, -0.25) is 19.0 Å². The first-order valence-corrected chi connectivity index (χ1v) is 11.3. The number of aryl methyl sites for hydroxylation is 1. The van der Waals surface area contributed by atoms with E-state index in [0.717, 1.165) is 37.1 Å². The molecular formula is C25H26N4O3. The molecule has 0 atom stereocenters. The van der Waals surface area contributed by atoms with E-state index in [1.165, 1.54) is 0 Å². The number of aromatic nitrogens is 2. The minimum Gasteiger partial charge on any atom is -0.352 e. The van der Waals surface area contributed by atoms with Crippen molar-refractivity contribution in [2.75, 3.05) is 11.4 Å². The van der Waals surface area contributed by atoms with Gasteiger partial charge in [-0.15, -0.1) is 0 Å². The first kappa shape index (κ1) is 20.4. The standard InChI is InChI=1S/C25H26N4O3/c30-23(26-16-17-5-3-6-19(15-17)28-14-4-9-24(28)31)13-12-22-27-21-8-2-1-7-20(21)25(32)29(22)18-10-11-18/h1-3,5-8,15,18H,4,9-14,16H2,(H,26,30). The van der Waals surface area contributed by atoms with Crippen molar-refractivity contribution in [3.63, 3.8) is 0 Å². The third-order valence-corrected chi connectivity index (χ3v) is 6.15. The fourth-order valence-electron chi connectivity index (χ4n) is 4.35. The van der Waals surface area contributed by atoms with Crippen LogP contribution in [0.3, 0.4) is 0 Å². The zero-order chi connectivity index (χ0) is 22.1. The van der Waals surface area contributed by atoms with Crippen LogP contribution in [0, 0.1) is 0 Å². The molecule has 0 unspecified atom stereocenters. The van der Waals surface area contributed by atoms with Crippen LogP contribution in [-0.2, 0) is 22.6 Å². The molecular weight excluding hydrogens is 404 g/mol. The highest BCUT2D eigenvalue weighted by Crippen LogP contribution is 2.35. The highest BCUT2D eigenvalue weighted by Gasteiger charge is 2.28. The number of rotatable bonds is 7. The van der Waals surface area contributed by atoms with Gasteiger partial charge in [0, 0.05) is 44.1 Å². The Labute approximate surface area is 186 Å². The average Bonchev–Trinajstić information content (AvgIpc) is 3.55. The number of carbonyl (C=O) groups excluding carboxylic acids is 2. The van der Waals surface area contributed by atoms with Gasteiger partial charge in [-0.25, -0.2) is 4.98 Å². The van der Waals surface area contributed by atoms with Gasteiger partial charge in [-0.2, -0.15) is 0 Å². The number of hydrogen-bond donors (Lipinski definition) is 1. The first-order valence-electron chi connectivity index (χ1n) is 11.3. The maximum Gasteiger partial charge on any atom is 0.261 e. The summed E-state index contributed by atoms with van der Waals surface area (Å²) in [6.07, 6.45) is 4.13. The summed E-state index contributed by atoms with van der Waals surface area (Å²) in [6.45, 7) is 1.14. The lowest BCUT2D eigenvalue weighted by atomic mass is 10.1. The molecule has 2 aromatic carbocycles. The summed E-state index contributed by atoms with van der Waals surface area (Å²) < 4.78 is 1.78. The molecule has 1 saturated carbocycles. The second-order valence-electron chi connectivity index (χ2n) is 8.55. The van der Waals surface area contributed by atoms with Crippen molar-refractivity contribution in [1.82, 2.24) is 14.9 Å². The van der Waals surface area contributed by atoms with Gasteiger partial charge < -0.3 is 10.2 Å². The van der Waals surface area contributed by atoms with Gasteiger partial charge in [0.15, 0.2) is 0 Å².